The standard InChI is InChI=1S/C25H43NO4/c1-14(5-4-6-22(29)30)17-7-8-18-23-19(13-21(28)25(17,18)3)24(2)10-9-16(26)11-15(24)12-20(23)27/h14-21,23,27-28H,4-13,26H2,1-3H3,(H,29,30)/t14-,15+,16+,17-,18+,19+,20-,21+,23+,24+,25-/m1/s1. The summed E-state index contributed by atoms with van der Waals surface area (Å²) >= 11 is 0. The molecule has 172 valence electrons. The molecular formula is C25H43NO4. The number of fused-ring (bicyclic) bond motifs is 5. The Hall–Kier alpha value is -0.650. The number of aliphatic hydroxyl groups is 2. The first-order valence-electron chi connectivity index (χ1n) is 12.4. The van der Waals surface area contributed by atoms with E-state index in [1.807, 2.05) is 0 Å². The minimum atomic E-state index is -0.724. The first kappa shape index (κ1) is 22.5. The Morgan fingerprint density at radius 1 is 1.10 bits per heavy atom. The molecule has 0 unspecified atom stereocenters. The molecule has 0 radical (unpaired) electrons. The predicted molar refractivity (Wildman–Crippen MR) is 117 cm³/mol. The maximum atomic E-state index is 11.6. The number of carbonyl (C=O) groups is 1. The molecule has 0 bridgehead atoms. The van der Waals surface area contributed by atoms with Crippen LogP contribution in [0, 0.1) is 46.3 Å². The van der Waals surface area contributed by atoms with Crippen molar-refractivity contribution in [2.45, 2.75) is 103 Å². The lowest BCUT2D eigenvalue weighted by Crippen LogP contribution is -2.62. The van der Waals surface area contributed by atoms with Crippen LogP contribution in [0.4, 0.5) is 0 Å². The highest BCUT2D eigenvalue weighted by molar-refractivity contribution is 5.66. The van der Waals surface area contributed by atoms with Gasteiger partial charge in [-0.3, -0.25) is 4.79 Å². The molecule has 0 aromatic carbocycles. The molecule has 0 spiro atoms. The molecule has 4 aliphatic rings. The largest absolute Gasteiger partial charge is 0.481 e. The van der Waals surface area contributed by atoms with Gasteiger partial charge in [0.2, 0.25) is 0 Å². The van der Waals surface area contributed by atoms with E-state index >= 15 is 0 Å². The second-order valence-corrected chi connectivity index (χ2v) is 11.9. The zero-order valence-electron chi connectivity index (χ0n) is 19.1. The molecule has 0 aromatic heterocycles. The van der Waals surface area contributed by atoms with Crippen LogP contribution < -0.4 is 5.73 Å². The van der Waals surface area contributed by atoms with E-state index < -0.39 is 5.97 Å². The Kier molecular flexibility index (Phi) is 6.04. The number of aliphatic carboxylic acids is 1. The summed E-state index contributed by atoms with van der Waals surface area (Å²) in [5, 5.41) is 31.9. The molecule has 4 aliphatic carbocycles. The van der Waals surface area contributed by atoms with E-state index in [2.05, 4.69) is 20.8 Å². The van der Waals surface area contributed by atoms with Gasteiger partial charge in [0, 0.05) is 12.5 Å². The molecule has 5 N–H and O–H groups in total. The van der Waals surface area contributed by atoms with E-state index in [1.54, 1.807) is 0 Å². The lowest BCUT2D eigenvalue weighted by atomic mass is 9.43. The van der Waals surface area contributed by atoms with Crippen LogP contribution in [0.15, 0.2) is 0 Å². The molecule has 0 saturated heterocycles. The Balaban J connectivity index is 1.56. The van der Waals surface area contributed by atoms with Crippen molar-refractivity contribution in [3.05, 3.63) is 0 Å². The monoisotopic (exact) mass is 421 g/mol. The molecule has 11 atom stereocenters. The minimum absolute atomic E-state index is 0.168. The Morgan fingerprint density at radius 2 is 1.83 bits per heavy atom. The summed E-state index contributed by atoms with van der Waals surface area (Å²) in [6, 6.07) is 0.258. The van der Waals surface area contributed by atoms with Crippen LogP contribution in [-0.2, 0) is 4.79 Å². The normalized spacial score (nSPS) is 51.5. The van der Waals surface area contributed by atoms with Crippen LogP contribution in [0.2, 0.25) is 0 Å². The van der Waals surface area contributed by atoms with E-state index in [0.717, 1.165) is 51.4 Å². The quantitative estimate of drug-likeness (QED) is 0.540. The zero-order chi connectivity index (χ0) is 21.8. The van der Waals surface area contributed by atoms with Crippen LogP contribution in [0.25, 0.3) is 0 Å². The Labute approximate surface area is 181 Å². The van der Waals surface area contributed by atoms with Crippen molar-refractivity contribution < 1.29 is 20.1 Å². The highest BCUT2D eigenvalue weighted by Gasteiger charge is 2.65. The van der Waals surface area contributed by atoms with Gasteiger partial charge in [-0.25, -0.2) is 0 Å². The number of carboxylic acid groups (broad SMARTS) is 1. The summed E-state index contributed by atoms with van der Waals surface area (Å²) in [6.07, 6.45) is 8.26. The molecule has 0 heterocycles. The fourth-order valence-electron chi connectivity index (χ4n) is 8.96. The van der Waals surface area contributed by atoms with E-state index in [4.69, 9.17) is 10.8 Å². The van der Waals surface area contributed by atoms with Gasteiger partial charge >= 0.3 is 5.97 Å². The molecule has 5 nitrogen and oxygen atoms in total. The molecule has 4 rings (SSSR count). The molecule has 30 heavy (non-hydrogen) atoms. The van der Waals surface area contributed by atoms with Crippen molar-refractivity contribution in [2.24, 2.45) is 52.1 Å². The third-order valence-corrected chi connectivity index (χ3v) is 10.6. The average Bonchev–Trinajstić information content (AvgIpc) is 3.02. The Bertz CT molecular complexity index is 655. The first-order valence-corrected chi connectivity index (χ1v) is 12.4. The van der Waals surface area contributed by atoms with Crippen molar-refractivity contribution in [3.63, 3.8) is 0 Å². The maximum Gasteiger partial charge on any atom is 0.303 e. The van der Waals surface area contributed by atoms with Crippen LogP contribution >= 0.6 is 0 Å². The first-order chi connectivity index (χ1) is 14.1. The van der Waals surface area contributed by atoms with E-state index in [0.29, 0.717) is 36.0 Å². The van der Waals surface area contributed by atoms with Gasteiger partial charge in [0.15, 0.2) is 0 Å². The molecule has 0 aromatic rings. The van der Waals surface area contributed by atoms with E-state index in [9.17, 15) is 15.0 Å². The van der Waals surface area contributed by atoms with Gasteiger partial charge in [-0.1, -0.05) is 20.8 Å². The maximum absolute atomic E-state index is 11.6. The number of hydrogen-bond acceptors (Lipinski definition) is 4. The van der Waals surface area contributed by atoms with Crippen LogP contribution in [0.5, 0.6) is 0 Å². The summed E-state index contributed by atoms with van der Waals surface area (Å²) in [4.78, 5) is 10.9. The fraction of sp³-hybridized carbons (Fsp3) is 0.960. The van der Waals surface area contributed by atoms with Crippen molar-refractivity contribution in [1.29, 1.82) is 0 Å². The van der Waals surface area contributed by atoms with Gasteiger partial charge < -0.3 is 21.1 Å². The van der Waals surface area contributed by atoms with Gasteiger partial charge in [-0.15, -0.1) is 0 Å². The summed E-state index contributed by atoms with van der Waals surface area (Å²) in [5.74, 6) is 1.59. The second kappa shape index (κ2) is 8.04. The van der Waals surface area contributed by atoms with Crippen molar-refractivity contribution in [3.8, 4) is 0 Å². The van der Waals surface area contributed by atoms with Gasteiger partial charge in [-0.05, 0) is 104 Å². The average molecular weight is 422 g/mol. The summed E-state index contributed by atoms with van der Waals surface area (Å²) < 4.78 is 0. The summed E-state index contributed by atoms with van der Waals surface area (Å²) in [5.41, 5.74) is 6.31. The Morgan fingerprint density at radius 3 is 2.53 bits per heavy atom. The fourth-order valence-corrected chi connectivity index (χ4v) is 8.96. The number of hydrogen-bond donors (Lipinski definition) is 4. The van der Waals surface area contributed by atoms with Gasteiger partial charge in [0.05, 0.1) is 12.2 Å². The van der Waals surface area contributed by atoms with Crippen molar-refractivity contribution in [1.82, 2.24) is 0 Å². The number of carboxylic acids is 1. The number of rotatable bonds is 5. The van der Waals surface area contributed by atoms with E-state index in [-0.39, 0.29) is 41.4 Å². The summed E-state index contributed by atoms with van der Waals surface area (Å²) in [7, 11) is 0. The predicted octanol–water partition coefficient (Wildman–Crippen LogP) is 3.81. The van der Waals surface area contributed by atoms with Crippen molar-refractivity contribution >= 4 is 5.97 Å². The molecule has 0 aliphatic heterocycles. The lowest BCUT2D eigenvalue weighted by molar-refractivity contribution is -0.202. The van der Waals surface area contributed by atoms with Gasteiger partial charge in [0.25, 0.3) is 0 Å². The smallest absolute Gasteiger partial charge is 0.303 e. The molecule has 0 amide bonds. The lowest BCUT2D eigenvalue weighted by Gasteiger charge is -2.63. The molecule has 4 fully saturated rings. The molecule has 5 heteroatoms. The minimum Gasteiger partial charge on any atom is -0.481 e. The molecular weight excluding hydrogens is 378 g/mol. The molecule has 4 saturated carbocycles. The van der Waals surface area contributed by atoms with Gasteiger partial charge in [0.1, 0.15) is 0 Å². The third kappa shape index (κ3) is 3.44. The SMILES string of the molecule is C[C@H](CCCC(=O)O)[C@H]1CC[C@H]2[C@@H]3[C@H](O)C[C@@H]4C[C@@H](N)CC[C@]4(C)[C@H]3C[C@H](O)[C@]12C. The highest BCUT2D eigenvalue weighted by atomic mass is 16.4. The summed E-state index contributed by atoms with van der Waals surface area (Å²) in [6.45, 7) is 6.95. The zero-order valence-corrected chi connectivity index (χ0v) is 19.1. The second-order valence-electron chi connectivity index (χ2n) is 11.9. The number of nitrogens with two attached hydrogens (primary N) is 1. The van der Waals surface area contributed by atoms with Gasteiger partial charge in [-0.2, -0.15) is 0 Å². The van der Waals surface area contributed by atoms with Crippen LogP contribution in [-0.4, -0.2) is 39.5 Å². The topological polar surface area (TPSA) is 104 Å². The highest BCUT2D eigenvalue weighted by Crippen LogP contribution is 2.68. The van der Waals surface area contributed by atoms with Crippen LogP contribution in [0.3, 0.4) is 0 Å². The number of aliphatic hydroxyl groups excluding tert-OH is 2. The van der Waals surface area contributed by atoms with Crippen molar-refractivity contribution in [2.75, 3.05) is 0 Å². The van der Waals surface area contributed by atoms with Crippen LogP contribution in [0.1, 0.15) is 85.0 Å². The van der Waals surface area contributed by atoms with E-state index in [1.165, 1.54) is 0 Å². The third-order valence-electron chi connectivity index (χ3n) is 10.6.